The van der Waals surface area contributed by atoms with Crippen molar-refractivity contribution in [2.75, 3.05) is 5.32 Å². The Hall–Kier alpha value is -2.89. The largest absolute Gasteiger partial charge is 0.371 e. The maximum atomic E-state index is 12.7. The third-order valence-corrected chi connectivity index (χ3v) is 5.48. The first-order valence-electron chi connectivity index (χ1n) is 8.42. The summed E-state index contributed by atoms with van der Waals surface area (Å²) in [5, 5.41) is 9.83. The number of aromatic nitrogens is 2. The Kier molecular flexibility index (Phi) is 5.05. The highest BCUT2D eigenvalue weighted by molar-refractivity contribution is 7.10. The zero-order valence-electron chi connectivity index (χ0n) is 14.2. The van der Waals surface area contributed by atoms with Crippen LogP contribution in [-0.2, 0) is 0 Å². The van der Waals surface area contributed by atoms with Crippen LogP contribution in [0.15, 0.2) is 89.2 Å². The van der Waals surface area contributed by atoms with Gasteiger partial charge in [0, 0.05) is 4.88 Å². The van der Waals surface area contributed by atoms with Gasteiger partial charge in [-0.1, -0.05) is 66.2 Å². The molecule has 0 saturated heterocycles. The molecule has 4 nitrogen and oxygen atoms in total. The van der Waals surface area contributed by atoms with Gasteiger partial charge in [-0.2, -0.15) is 9.78 Å². The van der Waals surface area contributed by atoms with E-state index >= 15 is 0 Å². The molecule has 2 aromatic carbocycles. The molecule has 0 amide bonds. The van der Waals surface area contributed by atoms with E-state index in [9.17, 15) is 4.79 Å². The van der Waals surface area contributed by atoms with E-state index in [4.69, 9.17) is 11.6 Å². The van der Waals surface area contributed by atoms with Gasteiger partial charge in [0.05, 0.1) is 23.6 Å². The van der Waals surface area contributed by atoms with Gasteiger partial charge in [0.15, 0.2) is 0 Å². The zero-order chi connectivity index (χ0) is 18.6. The summed E-state index contributed by atoms with van der Waals surface area (Å²) < 4.78 is 1.30. The molecule has 1 N–H and O–H groups in total. The van der Waals surface area contributed by atoms with Crippen LogP contribution >= 0.6 is 22.9 Å². The molecule has 1 atom stereocenters. The molecule has 27 heavy (non-hydrogen) atoms. The summed E-state index contributed by atoms with van der Waals surface area (Å²) in [6, 6.07) is 23.2. The summed E-state index contributed by atoms with van der Waals surface area (Å²) in [5.74, 6) is 0. The molecule has 0 aliphatic rings. The molecule has 0 unspecified atom stereocenters. The van der Waals surface area contributed by atoms with Crippen molar-refractivity contribution in [3.8, 4) is 5.69 Å². The Morgan fingerprint density at radius 1 is 0.963 bits per heavy atom. The summed E-state index contributed by atoms with van der Waals surface area (Å²) in [6.45, 7) is 0. The van der Waals surface area contributed by atoms with Crippen LogP contribution in [0.3, 0.4) is 0 Å². The highest BCUT2D eigenvalue weighted by atomic mass is 35.5. The summed E-state index contributed by atoms with van der Waals surface area (Å²) in [5.41, 5.74) is 1.92. The fourth-order valence-electron chi connectivity index (χ4n) is 2.86. The Labute approximate surface area is 165 Å². The molecular formula is C21H16ClN3OS. The molecule has 4 aromatic rings. The number of para-hydroxylation sites is 1. The number of rotatable bonds is 5. The van der Waals surface area contributed by atoms with Crippen LogP contribution < -0.4 is 10.9 Å². The number of hydrogen-bond donors (Lipinski definition) is 1. The van der Waals surface area contributed by atoms with Gasteiger partial charge in [-0.3, -0.25) is 4.79 Å². The van der Waals surface area contributed by atoms with Gasteiger partial charge in [0.2, 0.25) is 0 Å². The van der Waals surface area contributed by atoms with Crippen molar-refractivity contribution >= 4 is 28.6 Å². The summed E-state index contributed by atoms with van der Waals surface area (Å²) in [6.07, 6.45) is 1.60. The smallest absolute Gasteiger partial charge is 0.292 e. The van der Waals surface area contributed by atoms with E-state index in [0.717, 1.165) is 10.4 Å². The summed E-state index contributed by atoms with van der Waals surface area (Å²) in [4.78, 5) is 13.9. The average molecular weight is 394 g/mol. The molecule has 4 rings (SSSR count). The average Bonchev–Trinajstić information content (AvgIpc) is 3.25. The third-order valence-electron chi connectivity index (χ3n) is 4.18. The highest BCUT2D eigenvalue weighted by Crippen LogP contribution is 2.31. The molecule has 0 spiro atoms. The van der Waals surface area contributed by atoms with Crippen LogP contribution in [0.25, 0.3) is 5.69 Å². The number of nitrogens with zero attached hydrogens (tertiary/aromatic N) is 2. The normalized spacial score (nSPS) is 11.9. The predicted octanol–water partition coefficient (Wildman–Crippen LogP) is 5.15. The van der Waals surface area contributed by atoms with Crippen LogP contribution in [0.2, 0.25) is 5.02 Å². The lowest BCUT2D eigenvalue weighted by molar-refractivity contribution is 0.804. The van der Waals surface area contributed by atoms with Crippen molar-refractivity contribution in [3.63, 3.8) is 0 Å². The maximum Gasteiger partial charge on any atom is 0.292 e. The lowest BCUT2D eigenvalue weighted by Crippen LogP contribution is -2.23. The molecule has 0 saturated carbocycles. The van der Waals surface area contributed by atoms with Crippen LogP contribution in [-0.4, -0.2) is 9.78 Å². The molecule has 0 radical (unpaired) electrons. The number of hydrogen-bond acceptors (Lipinski definition) is 4. The van der Waals surface area contributed by atoms with E-state index < -0.39 is 0 Å². The first-order chi connectivity index (χ1) is 13.2. The standard InChI is InChI=1S/C21H16ClN3OS/c22-19-17(14-23-25(21(19)26)16-10-5-2-6-11-16)24-20(18-12-7-13-27-18)15-8-3-1-4-9-15/h1-14,20,24H/t20-/m0/s1. The first-order valence-corrected chi connectivity index (χ1v) is 9.68. The number of thiophene rings is 1. The van der Waals surface area contributed by atoms with Crippen LogP contribution in [0.1, 0.15) is 16.5 Å². The Morgan fingerprint density at radius 3 is 2.33 bits per heavy atom. The zero-order valence-corrected chi connectivity index (χ0v) is 15.8. The van der Waals surface area contributed by atoms with E-state index in [-0.39, 0.29) is 16.6 Å². The number of anilines is 1. The van der Waals surface area contributed by atoms with E-state index in [1.165, 1.54) is 4.68 Å². The minimum atomic E-state index is -0.356. The van der Waals surface area contributed by atoms with Crippen molar-refractivity contribution < 1.29 is 0 Å². The quantitative estimate of drug-likeness (QED) is 0.510. The van der Waals surface area contributed by atoms with Gasteiger partial charge in [0.1, 0.15) is 5.02 Å². The minimum absolute atomic E-state index is 0.113. The van der Waals surface area contributed by atoms with Crippen LogP contribution in [0.4, 0.5) is 5.69 Å². The fraction of sp³-hybridized carbons (Fsp3) is 0.0476. The second kappa shape index (κ2) is 7.78. The second-order valence-corrected chi connectivity index (χ2v) is 7.29. The predicted molar refractivity (Wildman–Crippen MR) is 111 cm³/mol. The van der Waals surface area contributed by atoms with Crippen molar-refractivity contribution in [2.24, 2.45) is 0 Å². The summed E-state index contributed by atoms with van der Waals surface area (Å²) in [7, 11) is 0. The lowest BCUT2D eigenvalue weighted by Gasteiger charge is -2.20. The van der Waals surface area contributed by atoms with E-state index in [0.29, 0.717) is 11.4 Å². The highest BCUT2D eigenvalue weighted by Gasteiger charge is 2.18. The Morgan fingerprint density at radius 2 is 1.67 bits per heavy atom. The summed E-state index contributed by atoms with van der Waals surface area (Å²) >= 11 is 8.05. The molecule has 6 heteroatoms. The molecule has 0 aliphatic carbocycles. The van der Waals surface area contributed by atoms with Gasteiger partial charge in [-0.25, -0.2) is 0 Å². The molecular weight excluding hydrogens is 378 g/mol. The number of nitrogens with one attached hydrogen (secondary N) is 1. The van der Waals surface area contributed by atoms with Crippen LogP contribution in [0, 0.1) is 0 Å². The van der Waals surface area contributed by atoms with Crippen molar-refractivity contribution in [1.29, 1.82) is 0 Å². The Bertz CT molecular complexity index is 1080. The van der Waals surface area contributed by atoms with Crippen molar-refractivity contribution in [2.45, 2.75) is 6.04 Å². The molecule has 0 bridgehead atoms. The van der Waals surface area contributed by atoms with Gasteiger partial charge < -0.3 is 5.32 Å². The maximum absolute atomic E-state index is 12.7. The minimum Gasteiger partial charge on any atom is -0.371 e. The van der Waals surface area contributed by atoms with E-state index in [1.807, 2.05) is 72.1 Å². The molecule has 2 heterocycles. The van der Waals surface area contributed by atoms with Crippen molar-refractivity contribution in [1.82, 2.24) is 9.78 Å². The van der Waals surface area contributed by atoms with E-state index in [1.54, 1.807) is 17.5 Å². The SMILES string of the molecule is O=c1c(Cl)c(N[C@@H](c2ccccc2)c2cccs2)cnn1-c1ccccc1. The molecule has 2 aromatic heterocycles. The monoisotopic (exact) mass is 393 g/mol. The topological polar surface area (TPSA) is 46.9 Å². The lowest BCUT2D eigenvalue weighted by atomic mass is 10.1. The first kappa shape index (κ1) is 17.5. The van der Waals surface area contributed by atoms with Crippen molar-refractivity contribution in [3.05, 3.63) is 110 Å². The third kappa shape index (κ3) is 3.65. The van der Waals surface area contributed by atoms with E-state index in [2.05, 4.69) is 16.5 Å². The van der Waals surface area contributed by atoms with Crippen LogP contribution in [0.5, 0.6) is 0 Å². The van der Waals surface area contributed by atoms with Gasteiger partial charge in [-0.15, -0.1) is 11.3 Å². The Balaban J connectivity index is 1.73. The van der Waals surface area contributed by atoms with Gasteiger partial charge in [-0.05, 0) is 29.1 Å². The molecule has 134 valence electrons. The fourth-order valence-corrected chi connectivity index (χ4v) is 3.85. The molecule has 0 fully saturated rings. The second-order valence-electron chi connectivity index (χ2n) is 5.93. The van der Waals surface area contributed by atoms with Gasteiger partial charge >= 0.3 is 0 Å². The molecule has 0 aliphatic heterocycles. The number of benzene rings is 2. The number of halogens is 1. The van der Waals surface area contributed by atoms with Gasteiger partial charge in [0.25, 0.3) is 5.56 Å².